The van der Waals surface area contributed by atoms with E-state index in [0.29, 0.717) is 6.61 Å². The topological polar surface area (TPSA) is 64.3 Å². The number of nitrogens with one attached hydrogen (secondary N) is 1. The Morgan fingerprint density at radius 3 is 2.72 bits per heavy atom. The van der Waals surface area contributed by atoms with Crippen LogP contribution in [0.3, 0.4) is 0 Å². The van der Waals surface area contributed by atoms with Gasteiger partial charge in [-0.15, -0.1) is 0 Å². The molecular weight excluding hydrogens is 312 g/mol. The third-order valence-corrected chi connectivity index (χ3v) is 5.01. The van der Waals surface area contributed by atoms with Crippen molar-refractivity contribution in [1.82, 2.24) is 0 Å². The van der Waals surface area contributed by atoms with Gasteiger partial charge < -0.3 is 15.8 Å². The zero-order valence-electron chi connectivity index (χ0n) is 15.9. The van der Waals surface area contributed by atoms with Crippen molar-refractivity contribution in [2.45, 2.75) is 77.7 Å². The van der Waals surface area contributed by atoms with Gasteiger partial charge >= 0.3 is 0 Å². The van der Waals surface area contributed by atoms with E-state index in [4.69, 9.17) is 10.5 Å². The summed E-state index contributed by atoms with van der Waals surface area (Å²) in [5.74, 6) is 1.03. The van der Waals surface area contributed by atoms with Crippen molar-refractivity contribution in [3.8, 4) is 5.75 Å². The van der Waals surface area contributed by atoms with Gasteiger partial charge in [-0.1, -0.05) is 45.1 Å². The van der Waals surface area contributed by atoms with Crippen molar-refractivity contribution >= 4 is 11.6 Å². The minimum Gasteiger partial charge on any atom is -0.492 e. The van der Waals surface area contributed by atoms with E-state index in [-0.39, 0.29) is 17.9 Å². The van der Waals surface area contributed by atoms with Gasteiger partial charge in [-0.25, -0.2) is 0 Å². The number of benzene rings is 1. The SMILES string of the molecule is CCCCC(N)Cc1ccc(NC(=O)C2CCCCC2)c(OCC)c1. The van der Waals surface area contributed by atoms with Crippen molar-refractivity contribution < 1.29 is 9.53 Å². The maximum atomic E-state index is 12.5. The molecule has 0 radical (unpaired) electrons. The summed E-state index contributed by atoms with van der Waals surface area (Å²) >= 11 is 0. The number of rotatable bonds is 9. The van der Waals surface area contributed by atoms with Gasteiger partial charge in [0.05, 0.1) is 12.3 Å². The van der Waals surface area contributed by atoms with Crippen LogP contribution in [-0.4, -0.2) is 18.6 Å². The fourth-order valence-electron chi connectivity index (χ4n) is 3.54. The largest absolute Gasteiger partial charge is 0.492 e. The molecule has 1 unspecified atom stereocenters. The van der Waals surface area contributed by atoms with Crippen LogP contribution in [0.4, 0.5) is 5.69 Å². The van der Waals surface area contributed by atoms with E-state index in [0.717, 1.165) is 56.4 Å². The maximum absolute atomic E-state index is 12.5. The summed E-state index contributed by atoms with van der Waals surface area (Å²) in [6.45, 7) is 4.73. The molecular formula is C21H34N2O2. The number of carbonyl (C=O) groups excluding carboxylic acids is 1. The first-order chi connectivity index (χ1) is 12.1. The summed E-state index contributed by atoms with van der Waals surface area (Å²) in [5, 5.41) is 3.08. The predicted molar refractivity (Wildman–Crippen MR) is 104 cm³/mol. The van der Waals surface area contributed by atoms with Crippen molar-refractivity contribution in [3.05, 3.63) is 23.8 Å². The molecule has 1 saturated carbocycles. The number of amides is 1. The summed E-state index contributed by atoms with van der Waals surface area (Å²) in [5.41, 5.74) is 8.17. The molecule has 0 spiro atoms. The summed E-state index contributed by atoms with van der Waals surface area (Å²) in [6.07, 6.45) is 9.79. The fourth-order valence-corrected chi connectivity index (χ4v) is 3.54. The lowest BCUT2D eigenvalue weighted by molar-refractivity contribution is -0.120. The minimum atomic E-state index is 0.132. The molecule has 25 heavy (non-hydrogen) atoms. The van der Waals surface area contributed by atoms with Gasteiger partial charge in [0.15, 0.2) is 0 Å². The quantitative estimate of drug-likeness (QED) is 0.683. The van der Waals surface area contributed by atoms with Gasteiger partial charge in [0.25, 0.3) is 0 Å². The summed E-state index contributed by atoms with van der Waals surface area (Å²) in [6, 6.07) is 6.24. The van der Waals surface area contributed by atoms with Gasteiger partial charge in [-0.05, 0) is 50.3 Å². The zero-order valence-corrected chi connectivity index (χ0v) is 15.9. The monoisotopic (exact) mass is 346 g/mol. The van der Waals surface area contributed by atoms with Gasteiger partial charge in [0, 0.05) is 12.0 Å². The van der Waals surface area contributed by atoms with Crippen LogP contribution in [0.5, 0.6) is 5.75 Å². The van der Waals surface area contributed by atoms with Crippen molar-refractivity contribution in [2.75, 3.05) is 11.9 Å². The van der Waals surface area contributed by atoms with Gasteiger partial charge in [0.2, 0.25) is 5.91 Å². The first kappa shape index (κ1) is 19.8. The zero-order chi connectivity index (χ0) is 18.1. The molecule has 0 bridgehead atoms. The third kappa shape index (κ3) is 6.35. The van der Waals surface area contributed by atoms with E-state index in [1.165, 1.54) is 18.4 Å². The van der Waals surface area contributed by atoms with Crippen LogP contribution in [0, 0.1) is 5.92 Å². The average molecular weight is 347 g/mol. The Labute approximate surface area is 152 Å². The smallest absolute Gasteiger partial charge is 0.227 e. The summed E-state index contributed by atoms with van der Waals surface area (Å²) in [4.78, 5) is 12.5. The molecule has 1 aliphatic rings. The molecule has 1 atom stereocenters. The molecule has 4 nitrogen and oxygen atoms in total. The van der Waals surface area contributed by atoms with Crippen molar-refractivity contribution in [3.63, 3.8) is 0 Å². The Hall–Kier alpha value is -1.55. The summed E-state index contributed by atoms with van der Waals surface area (Å²) < 4.78 is 5.77. The molecule has 2 rings (SSSR count). The second-order valence-corrected chi connectivity index (χ2v) is 7.19. The normalized spacial score (nSPS) is 16.4. The highest BCUT2D eigenvalue weighted by molar-refractivity contribution is 5.94. The van der Waals surface area contributed by atoms with E-state index >= 15 is 0 Å². The highest BCUT2D eigenvalue weighted by atomic mass is 16.5. The van der Waals surface area contributed by atoms with E-state index in [1.807, 2.05) is 19.1 Å². The molecule has 0 heterocycles. The number of anilines is 1. The lowest BCUT2D eigenvalue weighted by Crippen LogP contribution is -2.25. The lowest BCUT2D eigenvalue weighted by Gasteiger charge is -2.22. The Morgan fingerprint density at radius 2 is 2.04 bits per heavy atom. The van der Waals surface area contributed by atoms with E-state index in [2.05, 4.69) is 18.3 Å². The predicted octanol–water partition coefficient (Wildman–Crippen LogP) is 4.66. The van der Waals surface area contributed by atoms with Crippen LogP contribution < -0.4 is 15.8 Å². The van der Waals surface area contributed by atoms with Crippen LogP contribution in [0.2, 0.25) is 0 Å². The molecule has 1 fully saturated rings. The molecule has 1 aliphatic carbocycles. The molecule has 140 valence electrons. The Kier molecular flexibility index (Phi) is 8.26. The molecule has 1 amide bonds. The third-order valence-electron chi connectivity index (χ3n) is 5.01. The second-order valence-electron chi connectivity index (χ2n) is 7.19. The first-order valence-electron chi connectivity index (χ1n) is 9.96. The summed E-state index contributed by atoms with van der Waals surface area (Å²) in [7, 11) is 0. The molecule has 3 N–H and O–H groups in total. The Bertz CT molecular complexity index is 539. The number of unbranched alkanes of at least 4 members (excludes halogenated alkanes) is 1. The molecule has 0 aliphatic heterocycles. The first-order valence-corrected chi connectivity index (χ1v) is 9.96. The van der Waals surface area contributed by atoms with E-state index in [1.54, 1.807) is 0 Å². The average Bonchev–Trinajstić information content (AvgIpc) is 2.63. The van der Waals surface area contributed by atoms with Crippen LogP contribution in [0.25, 0.3) is 0 Å². The van der Waals surface area contributed by atoms with Crippen molar-refractivity contribution in [1.29, 1.82) is 0 Å². The number of hydrogen-bond donors (Lipinski definition) is 2. The molecule has 1 aromatic carbocycles. The van der Waals surface area contributed by atoms with Crippen LogP contribution in [0.1, 0.15) is 70.8 Å². The highest BCUT2D eigenvalue weighted by Gasteiger charge is 2.22. The van der Waals surface area contributed by atoms with Crippen LogP contribution in [-0.2, 0) is 11.2 Å². The van der Waals surface area contributed by atoms with E-state index < -0.39 is 0 Å². The molecule has 1 aromatic rings. The molecule has 0 saturated heterocycles. The Morgan fingerprint density at radius 1 is 1.28 bits per heavy atom. The van der Waals surface area contributed by atoms with Gasteiger partial charge in [-0.2, -0.15) is 0 Å². The van der Waals surface area contributed by atoms with Gasteiger partial charge in [0.1, 0.15) is 5.75 Å². The number of nitrogens with two attached hydrogens (primary N) is 1. The lowest BCUT2D eigenvalue weighted by atomic mass is 9.88. The van der Waals surface area contributed by atoms with Crippen molar-refractivity contribution in [2.24, 2.45) is 11.7 Å². The van der Waals surface area contributed by atoms with Gasteiger partial charge in [-0.3, -0.25) is 4.79 Å². The molecule has 0 aromatic heterocycles. The minimum absolute atomic E-state index is 0.132. The maximum Gasteiger partial charge on any atom is 0.227 e. The van der Waals surface area contributed by atoms with Crippen LogP contribution >= 0.6 is 0 Å². The van der Waals surface area contributed by atoms with Crippen LogP contribution in [0.15, 0.2) is 18.2 Å². The molecule has 4 heteroatoms. The highest BCUT2D eigenvalue weighted by Crippen LogP contribution is 2.30. The Balaban J connectivity index is 2.03. The standard InChI is InChI=1S/C21H34N2O2/c1-3-5-11-18(22)14-16-12-13-19(20(15-16)25-4-2)23-21(24)17-9-7-6-8-10-17/h12-13,15,17-18H,3-11,14,22H2,1-2H3,(H,23,24). The van der Waals surface area contributed by atoms with E-state index in [9.17, 15) is 4.79 Å². The number of carbonyl (C=O) groups is 1. The number of ether oxygens (including phenoxy) is 1. The fraction of sp³-hybridized carbons (Fsp3) is 0.667. The second kappa shape index (κ2) is 10.4. The number of hydrogen-bond acceptors (Lipinski definition) is 3.